The van der Waals surface area contributed by atoms with E-state index < -0.39 is 0 Å². The number of amides is 2. The molecule has 0 aliphatic carbocycles. The summed E-state index contributed by atoms with van der Waals surface area (Å²) in [7, 11) is 0. The number of rotatable bonds is 7. The van der Waals surface area contributed by atoms with E-state index in [0.717, 1.165) is 26.5 Å². The summed E-state index contributed by atoms with van der Waals surface area (Å²) < 4.78 is 6.66. The highest BCUT2D eigenvalue weighted by molar-refractivity contribution is 7.22. The van der Waals surface area contributed by atoms with Gasteiger partial charge in [-0.25, -0.2) is 9.97 Å². The molecule has 7 nitrogen and oxygen atoms in total. The van der Waals surface area contributed by atoms with Crippen LogP contribution in [0.1, 0.15) is 23.2 Å². The summed E-state index contributed by atoms with van der Waals surface area (Å²) in [5, 5.41) is 9.00. The molecule has 2 amide bonds. The molecule has 162 valence electrons. The van der Waals surface area contributed by atoms with Crippen molar-refractivity contribution in [3.63, 3.8) is 0 Å². The van der Waals surface area contributed by atoms with E-state index in [1.807, 2.05) is 42.6 Å². The lowest BCUT2D eigenvalue weighted by Crippen LogP contribution is -2.07. The first-order chi connectivity index (χ1) is 15.4. The number of anilines is 2. The lowest BCUT2D eigenvalue weighted by Gasteiger charge is -2.05. The van der Waals surface area contributed by atoms with Crippen molar-refractivity contribution in [2.45, 2.75) is 20.5 Å². The fourth-order valence-corrected chi connectivity index (χ4v) is 4.42. The van der Waals surface area contributed by atoms with Gasteiger partial charge in [0.2, 0.25) is 11.8 Å². The molecule has 4 rings (SSSR count). The Morgan fingerprint density at radius 2 is 2.00 bits per heavy atom. The van der Waals surface area contributed by atoms with Crippen molar-refractivity contribution in [1.29, 1.82) is 0 Å². The SMILES string of the molecule is CC(=O)Nc1ccc2nc(NC(=O)/C=C/c3cccc(OCc4csc(C)n4)c3)sc2c1. The van der Waals surface area contributed by atoms with Gasteiger partial charge in [-0.15, -0.1) is 11.3 Å². The molecule has 0 fully saturated rings. The number of aromatic nitrogens is 2. The first-order valence-electron chi connectivity index (χ1n) is 9.76. The van der Waals surface area contributed by atoms with Crippen LogP contribution >= 0.6 is 22.7 Å². The maximum atomic E-state index is 12.3. The number of carbonyl (C=O) groups is 2. The number of fused-ring (bicyclic) bond motifs is 1. The van der Waals surface area contributed by atoms with Gasteiger partial charge in [-0.2, -0.15) is 0 Å². The third-order valence-corrected chi connectivity index (χ3v) is 6.03. The van der Waals surface area contributed by atoms with Crippen molar-refractivity contribution in [3.05, 3.63) is 70.2 Å². The molecule has 0 bridgehead atoms. The number of benzene rings is 2. The maximum Gasteiger partial charge on any atom is 0.250 e. The molecule has 0 radical (unpaired) electrons. The predicted molar refractivity (Wildman–Crippen MR) is 129 cm³/mol. The highest BCUT2D eigenvalue weighted by Crippen LogP contribution is 2.28. The molecule has 0 aliphatic rings. The largest absolute Gasteiger partial charge is 0.487 e. The Morgan fingerprint density at radius 1 is 1.12 bits per heavy atom. The fourth-order valence-electron chi connectivity index (χ4n) is 2.92. The van der Waals surface area contributed by atoms with Gasteiger partial charge in [-0.3, -0.25) is 14.9 Å². The summed E-state index contributed by atoms with van der Waals surface area (Å²) in [6.07, 6.45) is 3.18. The molecule has 0 unspecified atom stereocenters. The maximum absolute atomic E-state index is 12.3. The first-order valence-corrected chi connectivity index (χ1v) is 11.5. The number of ether oxygens (including phenoxy) is 1. The number of carbonyl (C=O) groups excluding carboxylic acids is 2. The van der Waals surface area contributed by atoms with Crippen LogP contribution in [-0.2, 0) is 16.2 Å². The monoisotopic (exact) mass is 464 g/mol. The smallest absolute Gasteiger partial charge is 0.250 e. The van der Waals surface area contributed by atoms with E-state index in [9.17, 15) is 9.59 Å². The molecule has 4 aromatic rings. The van der Waals surface area contributed by atoms with E-state index in [1.54, 1.807) is 29.5 Å². The van der Waals surface area contributed by atoms with Crippen LogP contribution in [0.25, 0.3) is 16.3 Å². The third kappa shape index (κ3) is 5.77. The lowest BCUT2D eigenvalue weighted by molar-refractivity contribution is -0.114. The zero-order valence-electron chi connectivity index (χ0n) is 17.4. The zero-order valence-corrected chi connectivity index (χ0v) is 19.0. The van der Waals surface area contributed by atoms with Gasteiger partial charge in [-0.1, -0.05) is 23.5 Å². The number of nitrogens with zero attached hydrogens (tertiary/aromatic N) is 2. The second kappa shape index (κ2) is 9.71. The Bertz CT molecular complexity index is 1310. The standard InChI is InChI=1S/C23H20N4O3S2/c1-14(28)24-17-7-8-20-21(11-17)32-23(26-20)27-22(29)9-6-16-4-3-5-19(10-16)30-12-18-13-31-15(2)25-18/h3-11,13H,12H2,1-2H3,(H,24,28)(H,26,27,29)/b9-6+. The molecule has 0 saturated carbocycles. The lowest BCUT2D eigenvalue weighted by atomic mass is 10.2. The van der Waals surface area contributed by atoms with Gasteiger partial charge in [0.15, 0.2) is 5.13 Å². The van der Waals surface area contributed by atoms with Crippen molar-refractivity contribution >= 4 is 61.6 Å². The summed E-state index contributed by atoms with van der Waals surface area (Å²) in [6.45, 7) is 3.82. The van der Waals surface area contributed by atoms with E-state index in [1.165, 1.54) is 24.3 Å². The molecule has 0 saturated heterocycles. The first kappa shape index (κ1) is 21.7. The van der Waals surface area contributed by atoms with E-state index in [4.69, 9.17) is 4.74 Å². The van der Waals surface area contributed by atoms with Crippen LogP contribution in [-0.4, -0.2) is 21.8 Å². The molecule has 9 heteroatoms. The molecule has 2 aromatic carbocycles. The molecular weight excluding hydrogens is 444 g/mol. The van der Waals surface area contributed by atoms with Crippen molar-refractivity contribution in [3.8, 4) is 5.75 Å². The molecular formula is C23H20N4O3S2. The number of hydrogen-bond donors (Lipinski definition) is 2. The van der Waals surface area contributed by atoms with Gasteiger partial charge < -0.3 is 10.1 Å². The van der Waals surface area contributed by atoms with Gasteiger partial charge in [0, 0.05) is 24.1 Å². The van der Waals surface area contributed by atoms with Crippen molar-refractivity contribution in [2.75, 3.05) is 10.6 Å². The van der Waals surface area contributed by atoms with E-state index >= 15 is 0 Å². The molecule has 32 heavy (non-hydrogen) atoms. The Kier molecular flexibility index (Phi) is 6.58. The summed E-state index contributed by atoms with van der Waals surface area (Å²) in [5.74, 6) is 0.287. The Morgan fingerprint density at radius 3 is 2.78 bits per heavy atom. The normalized spacial score (nSPS) is 11.1. The minimum absolute atomic E-state index is 0.139. The van der Waals surface area contributed by atoms with Crippen LogP contribution < -0.4 is 15.4 Å². The highest BCUT2D eigenvalue weighted by atomic mass is 32.1. The van der Waals surface area contributed by atoms with Crippen LogP contribution in [0, 0.1) is 6.92 Å². The summed E-state index contributed by atoms with van der Waals surface area (Å²) >= 11 is 2.93. The number of aryl methyl sites for hydroxylation is 1. The van der Waals surface area contributed by atoms with Crippen LogP contribution in [0.5, 0.6) is 5.75 Å². The van der Waals surface area contributed by atoms with Crippen LogP contribution in [0.2, 0.25) is 0 Å². The number of thiazole rings is 2. The Labute approximate surface area is 192 Å². The zero-order chi connectivity index (χ0) is 22.5. The van der Waals surface area contributed by atoms with Crippen LogP contribution in [0.4, 0.5) is 10.8 Å². The van der Waals surface area contributed by atoms with Gasteiger partial charge in [0.05, 0.1) is 20.9 Å². The van der Waals surface area contributed by atoms with Crippen LogP contribution in [0.3, 0.4) is 0 Å². The van der Waals surface area contributed by atoms with Crippen LogP contribution in [0.15, 0.2) is 53.9 Å². The second-order valence-electron chi connectivity index (χ2n) is 6.92. The number of hydrogen-bond acceptors (Lipinski definition) is 7. The van der Waals surface area contributed by atoms with Gasteiger partial charge in [0.1, 0.15) is 12.4 Å². The van der Waals surface area contributed by atoms with E-state index in [2.05, 4.69) is 20.6 Å². The molecule has 2 N–H and O–H groups in total. The second-order valence-corrected chi connectivity index (χ2v) is 9.02. The summed E-state index contributed by atoms with van der Waals surface area (Å²) in [5.41, 5.74) is 3.19. The van der Waals surface area contributed by atoms with Crippen molar-refractivity contribution < 1.29 is 14.3 Å². The predicted octanol–water partition coefficient (Wildman–Crippen LogP) is 5.25. The average Bonchev–Trinajstić information content (AvgIpc) is 3.35. The molecule has 2 aromatic heterocycles. The minimum Gasteiger partial charge on any atom is -0.487 e. The summed E-state index contributed by atoms with van der Waals surface area (Å²) in [6, 6.07) is 12.9. The Hall–Kier alpha value is -3.56. The summed E-state index contributed by atoms with van der Waals surface area (Å²) in [4.78, 5) is 32.4. The number of nitrogens with one attached hydrogen (secondary N) is 2. The van der Waals surface area contributed by atoms with Crippen molar-refractivity contribution in [2.24, 2.45) is 0 Å². The molecule has 2 heterocycles. The Balaban J connectivity index is 1.37. The molecule has 0 spiro atoms. The fraction of sp³-hybridized carbons (Fsp3) is 0.130. The highest BCUT2D eigenvalue weighted by Gasteiger charge is 2.08. The van der Waals surface area contributed by atoms with Gasteiger partial charge in [0.25, 0.3) is 0 Å². The molecule has 0 aliphatic heterocycles. The van der Waals surface area contributed by atoms with Gasteiger partial charge in [-0.05, 0) is 48.9 Å². The average molecular weight is 465 g/mol. The van der Waals surface area contributed by atoms with Gasteiger partial charge >= 0.3 is 0 Å². The topological polar surface area (TPSA) is 93.2 Å². The van der Waals surface area contributed by atoms with E-state index in [-0.39, 0.29) is 11.8 Å². The van der Waals surface area contributed by atoms with E-state index in [0.29, 0.717) is 23.2 Å². The third-order valence-electron chi connectivity index (χ3n) is 4.28. The molecule has 0 atom stereocenters. The minimum atomic E-state index is -0.282. The quantitative estimate of drug-likeness (QED) is 0.364. The van der Waals surface area contributed by atoms with Crippen molar-refractivity contribution in [1.82, 2.24) is 9.97 Å².